The molecule has 0 amide bonds. The molecular formula is C29H59N2O6P. The van der Waals surface area contributed by atoms with Crippen molar-refractivity contribution in [3.05, 3.63) is 5.21 Å². The molecule has 8 nitrogen and oxygen atoms in total. The number of hydrogen-bond acceptors (Lipinski definition) is 6. The number of phosphoric ester groups is 1. The number of likely N-dealkylation sites (tertiary alicyclic amines) is 1. The maximum atomic E-state index is 13.2. The highest BCUT2D eigenvalue weighted by molar-refractivity contribution is 7.47. The average Bonchev–Trinajstić information content (AvgIpc) is 3.08. The lowest BCUT2D eigenvalue weighted by molar-refractivity contribution is -0.896. The van der Waals surface area contributed by atoms with Crippen molar-refractivity contribution in [1.82, 2.24) is 5.06 Å². The van der Waals surface area contributed by atoms with Gasteiger partial charge in [0.1, 0.15) is 5.72 Å². The van der Waals surface area contributed by atoms with E-state index in [0.29, 0.717) is 13.0 Å². The largest absolute Gasteiger partial charge is 0.783 e. The van der Waals surface area contributed by atoms with Crippen LogP contribution in [0.2, 0.25) is 0 Å². The predicted octanol–water partition coefficient (Wildman–Crippen LogP) is 7.54. The summed E-state index contributed by atoms with van der Waals surface area (Å²) in [6.45, 7) is 8.75. The zero-order valence-corrected chi connectivity index (χ0v) is 26.2. The van der Waals surface area contributed by atoms with Crippen LogP contribution < -0.4 is 0 Å². The standard InChI is InChI=1S/C29H59N2O6P/c1-6-7-8-9-10-11-12-13-16-21-29(30(32)28(2,3)26-35-29)22-17-14-15-18-25-36-38(33,34)37-27-19-23-31(4,5)24-20-27/h27H,6-26H2,1-5H3,(H,33,34). The zero-order chi connectivity index (χ0) is 28.1. The molecule has 2 rings (SSSR count). The van der Waals surface area contributed by atoms with Gasteiger partial charge in [0.05, 0.1) is 46.5 Å². The Labute approximate surface area is 233 Å². The van der Waals surface area contributed by atoms with Crippen molar-refractivity contribution in [3.63, 3.8) is 0 Å². The molecule has 0 saturated carbocycles. The minimum atomic E-state index is -4.01. The van der Waals surface area contributed by atoms with E-state index in [4.69, 9.17) is 13.8 Å². The van der Waals surface area contributed by atoms with Crippen LogP contribution in [-0.4, -0.2) is 72.2 Å². The van der Waals surface area contributed by atoms with Crippen LogP contribution in [0.15, 0.2) is 0 Å². The van der Waals surface area contributed by atoms with Crippen LogP contribution in [0.25, 0.3) is 0 Å². The Bertz CT molecular complexity index is 697. The van der Waals surface area contributed by atoms with Crippen LogP contribution >= 0.6 is 7.82 Å². The first kappa shape index (κ1) is 34.2. The Morgan fingerprint density at radius 3 is 1.92 bits per heavy atom. The Hall–Kier alpha value is -0.0500. The number of ether oxygens (including phenoxy) is 1. The molecule has 0 aromatic carbocycles. The van der Waals surface area contributed by atoms with E-state index >= 15 is 0 Å². The van der Waals surface area contributed by atoms with E-state index in [1.54, 1.807) is 0 Å². The van der Waals surface area contributed by atoms with Crippen molar-refractivity contribution >= 4 is 7.82 Å². The van der Waals surface area contributed by atoms with E-state index in [-0.39, 0.29) is 12.7 Å². The highest BCUT2D eigenvalue weighted by Gasteiger charge is 2.45. The van der Waals surface area contributed by atoms with Gasteiger partial charge in [-0.15, -0.1) is 0 Å². The quantitative estimate of drug-likeness (QED) is 0.0931. The van der Waals surface area contributed by atoms with Crippen molar-refractivity contribution in [3.8, 4) is 0 Å². The third-order valence-corrected chi connectivity index (χ3v) is 9.47. The van der Waals surface area contributed by atoms with Gasteiger partial charge in [0, 0.05) is 18.4 Å². The van der Waals surface area contributed by atoms with Gasteiger partial charge in [-0.2, -0.15) is 0 Å². The fourth-order valence-electron chi connectivity index (χ4n) is 5.77. The lowest BCUT2D eigenvalue weighted by Crippen LogP contribution is -2.48. The third kappa shape index (κ3) is 12.2. The monoisotopic (exact) mass is 562 g/mol. The fraction of sp³-hybridized carbons (Fsp3) is 1.00. The molecule has 2 aliphatic rings. The number of quaternary nitrogens is 1. The summed E-state index contributed by atoms with van der Waals surface area (Å²) in [6.07, 6.45) is 17.6. The first-order valence-electron chi connectivity index (χ1n) is 15.5. The number of hydrogen-bond donors (Lipinski definition) is 1. The Morgan fingerprint density at radius 1 is 0.921 bits per heavy atom. The van der Waals surface area contributed by atoms with Gasteiger partial charge in [0.15, 0.2) is 0 Å². The summed E-state index contributed by atoms with van der Waals surface area (Å²) in [5, 5.41) is 14.4. The predicted molar refractivity (Wildman–Crippen MR) is 155 cm³/mol. The van der Waals surface area contributed by atoms with Gasteiger partial charge >= 0.3 is 7.82 Å². The van der Waals surface area contributed by atoms with Gasteiger partial charge in [-0.1, -0.05) is 71.1 Å². The zero-order valence-electron chi connectivity index (χ0n) is 25.3. The van der Waals surface area contributed by atoms with Crippen molar-refractivity contribution < 1.29 is 27.7 Å². The molecule has 0 radical (unpaired) electrons. The second kappa shape index (κ2) is 16.4. The number of hydroxylamine groups is 2. The molecule has 1 N–H and O–H groups in total. The highest BCUT2D eigenvalue weighted by Crippen LogP contribution is 2.46. The molecule has 0 aliphatic carbocycles. The summed E-state index contributed by atoms with van der Waals surface area (Å²) in [5.41, 5.74) is -1.19. The molecule has 9 heteroatoms. The second-order valence-electron chi connectivity index (χ2n) is 13.1. The van der Waals surface area contributed by atoms with Gasteiger partial charge in [-0.05, 0) is 46.0 Å². The lowest BCUT2D eigenvalue weighted by atomic mass is 9.95. The van der Waals surface area contributed by atoms with Crippen molar-refractivity contribution in [1.29, 1.82) is 0 Å². The van der Waals surface area contributed by atoms with Crippen molar-refractivity contribution in [2.24, 2.45) is 0 Å². The molecular weight excluding hydrogens is 503 g/mol. The van der Waals surface area contributed by atoms with Crippen LogP contribution in [-0.2, 0) is 18.3 Å². The molecule has 2 fully saturated rings. The van der Waals surface area contributed by atoms with Crippen LogP contribution in [0.4, 0.5) is 0 Å². The fourth-order valence-corrected chi connectivity index (χ4v) is 6.78. The summed E-state index contributed by atoms with van der Waals surface area (Å²) in [4.78, 5) is 10.1. The van der Waals surface area contributed by atoms with Gasteiger partial charge in [-0.25, -0.2) is 4.57 Å². The molecule has 2 atom stereocenters. The van der Waals surface area contributed by atoms with Gasteiger partial charge < -0.3 is 24.4 Å². The van der Waals surface area contributed by atoms with Crippen LogP contribution in [0, 0.1) is 5.21 Å². The van der Waals surface area contributed by atoms with E-state index < -0.39 is 19.1 Å². The van der Waals surface area contributed by atoms with Crippen molar-refractivity contribution in [2.45, 2.75) is 147 Å². The molecule has 0 aromatic heterocycles. The van der Waals surface area contributed by atoms with Gasteiger partial charge in [0.25, 0.3) is 0 Å². The molecule has 2 heterocycles. The van der Waals surface area contributed by atoms with E-state index in [9.17, 15) is 14.7 Å². The maximum absolute atomic E-state index is 13.2. The summed E-state index contributed by atoms with van der Waals surface area (Å²) < 4.78 is 30.1. The molecule has 2 aliphatic heterocycles. The summed E-state index contributed by atoms with van der Waals surface area (Å²) in [5.74, 6) is 0. The van der Waals surface area contributed by atoms with E-state index in [2.05, 4.69) is 21.0 Å². The van der Waals surface area contributed by atoms with Crippen LogP contribution in [0.3, 0.4) is 0 Å². The molecule has 226 valence electrons. The van der Waals surface area contributed by atoms with Crippen LogP contribution in [0.5, 0.6) is 0 Å². The van der Waals surface area contributed by atoms with Crippen LogP contribution in [0.1, 0.15) is 130 Å². The van der Waals surface area contributed by atoms with Crippen molar-refractivity contribution in [2.75, 3.05) is 40.4 Å². The first-order valence-corrected chi connectivity index (χ1v) is 17.0. The van der Waals surface area contributed by atoms with Gasteiger partial charge in [0.2, 0.25) is 0 Å². The highest BCUT2D eigenvalue weighted by atomic mass is 31.2. The van der Waals surface area contributed by atoms with E-state index in [1.165, 1.54) is 50.0 Å². The molecule has 2 saturated heterocycles. The Morgan fingerprint density at radius 2 is 1.42 bits per heavy atom. The summed E-state index contributed by atoms with van der Waals surface area (Å²) >= 11 is 0. The number of unbranched alkanes of at least 4 members (excludes halogenated alkanes) is 11. The van der Waals surface area contributed by atoms with E-state index in [0.717, 1.165) is 75.4 Å². The Balaban J connectivity index is 1.62. The number of phosphoric acid groups is 1. The molecule has 2 unspecified atom stereocenters. The lowest BCUT2D eigenvalue weighted by Gasteiger charge is -2.48. The third-order valence-electron chi connectivity index (χ3n) is 8.40. The first-order chi connectivity index (χ1) is 17.9. The minimum absolute atomic E-state index is 0.204. The molecule has 0 spiro atoms. The number of nitrogens with zero attached hydrogens (tertiary/aromatic N) is 2. The van der Waals surface area contributed by atoms with E-state index in [1.807, 2.05) is 13.8 Å². The molecule has 38 heavy (non-hydrogen) atoms. The average molecular weight is 563 g/mol. The number of rotatable bonds is 20. The minimum Gasteiger partial charge on any atom is -0.783 e. The SMILES string of the molecule is CCCCCCCCCCCC1(CCCCCCOP(=O)(O)OC2CC[N+](C)(C)CC2)OCC(C)(C)N1[O-]. The molecule has 0 bridgehead atoms. The number of piperidine rings is 1. The summed E-state index contributed by atoms with van der Waals surface area (Å²) in [6, 6.07) is 0. The normalized spacial score (nSPS) is 25.6. The smallest absolute Gasteiger partial charge is 0.472 e. The summed E-state index contributed by atoms with van der Waals surface area (Å²) in [7, 11) is 0.318. The maximum Gasteiger partial charge on any atom is 0.472 e. The molecule has 0 aromatic rings. The Kier molecular flexibility index (Phi) is 14.7. The van der Waals surface area contributed by atoms with Gasteiger partial charge in [-0.3, -0.25) is 9.05 Å². The second-order valence-corrected chi connectivity index (χ2v) is 14.5. The topological polar surface area (TPSA) is 91.3 Å².